The zero-order valence-corrected chi connectivity index (χ0v) is 28.2. The van der Waals surface area contributed by atoms with E-state index in [1.54, 1.807) is 6.07 Å². The second-order valence-electron chi connectivity index (χ2n) is 13.6. The van der Waals surface area contributed by atoms with Gasteiger partial charge in [-0.1, -0.05) is 106 Å². The number of fused-ring (bicyclic) bond motifs is 1. The first-order valence-electron chi connectivity index (χ1n) is 16.8. The molecule has 0 bridgehead atoms. The van der Waals surface area contributed by atoms with E-state index < -0.39 is 0 Å². The van der Waals surface area contributed by atoms with E-state index in [9.17, 15) is 5.11 Å². The Morgan fingerprint density at radius 2 is 1.18 bits per heavy atom. The van der Waals surface area contributed by atoms with Crippen LogP contribution >= 0.6 is 0 Å². The van der Waals surface area contributed by atoms with Crippen LogP contribution < -0.4 is 0 Å². The maximum atomic E-state index is 11.0. The van der Waals surface area contributed by atoms with E-state index in [4.69, 9.17) is 15.0 Å². The van der Waals surface area contributed by atoms with Crippen molar-refractivity contribution in [3.8, 4) is 67.5 Å². The summed E-state index contributed by atoms with van der Waals surface area (Å²) < 4.78 is 2.13. The summed E-state index contributed by atoms with van der Waals surface area (Å²) >= 11 is 0. The molecule has 0 spiro atoms. The summed E-state index contributed by atoms with van der Waals surface area (Å²) in [4.78, 5) is 14.8. The first-order chi connectivity index (χ1) is 24.3. The third-order valence-electron chi connectivity index (χ3n) is 9.22. The Morgan fingerprint density at radius 1 is 0.520 bits per heavy atom. The molecule has 1 N–H and O–H groups in total. The summed E-state index contributed by atoms with van der Waals surface area (Å²) in [6, 6.07) is 49.3. The fourth-order valence-electron chi connectivity index (χ4n) is 6.58. The molecule has 8 rings (SSSR count). The van der Waals surface area contributed by atoms with Crippen LogP contribution in [-0.4, -0.2) is 24.6 Å². The molecular formula is C45H36N4O. The molecule has 0 saturated heterocycles. The van der Waals surface area contributed by atoms with Gasteiger partial charge >= 0.3 is 0 Å². The predicted molar refractivity (Wildman–Crippen MR) is 204 cm³/mol. The Balaban J connectivity index is 1.30. The second kappa shape index (κ2) is 12.6. The summed E-state index contributed by atoms with van der Waals surface area (Å²) in [5, 5.41) is 11.0. The molecule has 8 aromatic rings. The van der Waals surface area contributed by atoms with Crippen molar-refractivity contribution in [3.63, 3.8) is 0 Å². The van der Waals surface area contributed by atoms with E-state index in [-0.39, 0.29) is 11.2 Å². The number of aromatic nitrogens is 4. The number of phenols is 1. The number of hydrogen-bond donors (Lipinski definition) is 1. The maximum Gasteiger partial charge on any atom is 0.124 e. The maximum absolute atomic E-state index is 11.0. The molecule has 5 heteroatoms. The van der Waals surface area contributed by atoms with Crippen molar-refractivity contribution < 1.29 is 5.11 Å². The topological polar surface area (TPSA) is 63.8 Å². The van der Waals surface area contributed by atoms with Crippen molar-refractivity contribution >= 4 is 11.0 Å². The van der Waals surface area contributed by atoms with Crippen molar-refractivity contribution in [2.75, 3.05) is 0 Å². The highest BCUT2D eigenvalue weighted by molar-refractivity contribution is 5.98. The molecule has 0 radical (unpaired) electrons. The summed E-state index contributed by atoms with van der Waals surface area (Å²) in [5.41, 5.74) is 13.5. The van der Waals surface area contributed by atoms with Gasteiger partial charge in [-0.3, -0.25) is 9.55 Å². The van der Waals surface area contributed by atoms with Crippen LogP contribution in [0.4, 0.5) is 0 Å². The van der Waals surface area contributed by atoms with Gasteiger partial charge < -0.3 is 5.11 Å². The standard InChI is InChI=1S/C45H36N4O/c1-45(2,3)33-23-24-46-39(28-33)30-13-11-14-31(25-30)40-26-32(27-41(48-40)38-19-9-10-22-43(38)50)35-17-7-8-18-36(35)37-20-12-21-42-44(37)47-29-49(42)34-15-5-4-6-16-34/h4-29,50H,1-3H3. The number of benzene rings is 5. The largest absolute Gasteiger partial charge is 0.507 e. The SMILES string of the molecule is CC(C)(C)c1ccnc(-c2cccc(-c3cc(-c4ccccc4-c4cccc5c4ncn5-c4ccccc4)cc(-c4ccccc4O)n3)c2)c1. The van der Waals surface area contributed by atoms with E-state index in [0.29, 0.717) is 11.3 Å². The quantitative estimate of drug-likeness (QED) is 0.195. The minimum absolute atomic E-state index is 0.00911. The lowest BCUT2D eigenvalue weighted by atomic mass is 9.87. The second-order valence-corrected chi connectivity index (χ2v) is 13.6. The summed E-state index contributed by atoms with van der Waals surface area (Å²) in [5.74, 6) is 0.185. The van der Waals surface area contributed by atoms with Gasteiger partial charge in [-0.15, -0.1) is 0 Å². The van der Waals surface area contributed by atoms with Crippen LogP contribution in [0.2, 0.25) is 0 Å². The highest BCUT2D eigenvalue weighted by Gasteiger charge is 2.18. The monoisotopic (exact) mass is 648 g/mol. The molecule has 0 aliphatic carbocycles. The van der Waals surface area contributed by atoms with Gasteiger partial charge in [0.25, 0.3) is 0 Å². The molecule has 0 saturated carbocycles. The normalized spacial score (nSPS) is 11.6. The highest BCUT2D eigenvalue weighted by atomic mass is 16.3. The third kappa shape index (κ3) is 5.84. The first-order valence-corrected chi connectivity index (χ1v) is 16.8. The fraction of sp³-hybridized carbons (Fsp3) is 0.0889. The fourth-order valence-corrected chi connectivity index (χ4v) is 6.58. The van der Waals surface area contributed by atoms with Gasteiger partial charge in [0.2, 0.25) is 0 Å². The van der Waals surface area contributed by atoms with Crippen molar-refractivity contribution in [1.82, 2.24) is 19.5 Å². The van der Waals surface area contributed by atoms with Gasteiger partial charge in [0.05, 0.1) is 28.1 Å². The number of phenolic OH excluding ortho intramolecular Hbond substituents is 1. The van der Waals surface area contributed by atoms with E-state index in [1.807, 2.05) is 48.9 Å². The molecule has 0 amide bonds. The number of para-hydroxylation sites is 3. The average molecular weight is 649 g/mol. The minimum atomic E-state index is 0.00911. The van der Waals surface area contributed by atoms with Gasteiger partial charge in [-0.25, -0.2) is 9.97 Å². The molecule has 3 heterocycles. The van der Waals surface area contributed by atoms with Crippen LogP contribution in [-0.2, 0) is 5.41 Å². The summed E-state index contributed by atoms with van der Waals surface area (Å²) in [6.45, 7) is 6.64. The lowest BCUT2D eigenvalue weighted by molar-refractivity contribution is 0.477. The average Bonchev–Trinajstić information content (AvgIpc) is 3.60. The minimum Gasteiger partial charge on any atom is -0.507 e. The van der Waals surface area contributed by atoms with Gasteiger partial charge in [0.15, 0.2) is 0 Å². The van der Waals surface area contributed by atoms with E-state index in [2.05, 4.69) is 128 Å². The van der Waals surface area contributed by atoms with Crippen LogP contribution in [0.1, 0.15) is 26.3 Å². The Hall–Kier alpha value is -6.33. The smallest absolute Gasteiger partial charge is 0.124 e. The number of nitrogens with zero attached hydrogens (tertiary/aromatic N) is 4. The lowest BCUT2D eigenvalue weighted by Gasteiger charge is -2.19. The van der Waals surface area contributed by atoms with Gasteiger partial charge in [-0.2, -0.15) is 0 Å². The van der Waals surface area contributed by atoms with Crippen LogP contribution in [0.25, 0.3) is 72.7 Å². The van der Waals surface area contributed by atoms with Crippen LogP contribution in [0, 0.1) is 0 Å². The van der Waals surface area contributed by atoms with E-state index >= 15 is 0 Å². The zero-order valence-electron chi connectivity index (χ0n) is 28.2. The first kappa shape index (κ1) is 31.0. The van der Waals surface area contributed by atoms with Crippen molar-refractivity contribution in [2.45, 2.75) is 26.2 Å². The molecule has 0 unspecified atom stereocenters. The molecule has 0 aliphatic heterocycles. The Morgan fingerprint density at radius 3 is 1.96 bits per heavy atom. The van der Waals surface area contributed by atoms with Crippen LogP contribution in [0.5, 0.6) is 5.75 Å². The Kier molecular flexibility index (Phi) is 7.81. The number of hydrogen-bond acceptors (Lipinski definition) is 4. The number of imidazole rings is 1. The highest BCUT2D eigenvalue weighted by Crippen LogP contribution is 2.40. The third-order valence-corrected chi connectivity index (χ3v) is 9.22. The summed E-state index contributed by atoms with van der Waals surface area (Å²) in [7, 11) is 0. The molecule has 242 valence electrons. The Labute approximate surface area is 292 Å². The van der Waals surface area contributed by atoms with Gasteiger partial charge in [0, 0.05) is 34.1 Å². The molecule has 0 aliphatic rings. The van der Waals surface area contributed by atoms with E-state index in [1.165, 1.54) is 5.56 Å². The van der Waals surface area contributed by atoms with Gasteiger partial charge in [-0.05, 0) is 88.3 Å². The van der Waals surface area contributed by atoms with Gasteiger partial charge in [0.1, 0.15) is 12.1 Å². The summed E-state index contributed by atoms with van der Waals surface area (Å²) in [6.07, 6.45) is 3.78. The number of pyridine rings is 2. The predicted octanol–water partition coefficient (Wildman–Crippen LogP) is 11.2. The molecule has 3 aromatic heterocycles. The van der Waals surface area contributed by atoms with Crippen molar-refractivity contribution in [3.05, 3.63) is 164 Å². The molecule has 50 heavy (non-hydrogen) atoms. The molecule has 5 aromatic carbocycles. The van der Waals surface area contributed by atoms with E-state index in [0.717, 1.165) is 61.5 Å². The van der Waals surface area contributed by atoms with Crippen molar-refractivity contribution in [2.24, 2.45) is 0 Å². The number of rotatable bonds is 6. The van der Waals surface area contributed by atoms with Crippen LogP contribution in [0.3, 0.4) is 0 Å². The molecule has 0 fully saturated rings. The van der Waals surface area contributed by atoms with Crippen molar-refractivity contribution in [1.29, 1.82) is 0 Å². The molecular weight excluding hydrogens is 613 g/mol. The molecule has 0 atom stereocenters. The Bertz CT molecular complexity index is 2490. The van der Waals surface area contributed by atoms with Crippen LogP contribution in [0.15, 0.2) is 158 Å². The lowest BCUT2D eigenvalue weighted by Crippen LogP contribution is -2.11. The zero-order chi connectivity index (χ0) is 34.2. The number of aromatic hydroxyl groups is 1. The molecule has 5 nitrogen and oxygen atoms in total.